The van der Waals surface area contributed by atoms with Gasteiger partial charge in [0.05, 0.1) is 5.39 Å². The molecule has 3 rings (SSSR count). The number of anilines is 1. The van der Waals surface area contributed by atoms with Crippen LogP contribution in [-0.4, -0.2) is 65.4 Å². The average Bonchev–Trinajstić information content (AvgIpc) is 2.89. The molecule has 1 saturated heterocycles. The van der Waals surface area contributed by atoms with Gasteiger partial charge in [0, 0.05) is 44.0 Å². The van der Waals surface area contributed by atoms with Crippen molar-refractivity contribution in [2.45, 2.75) is 13.3 Å². The molecule has 0 aliphatic carbocycles. The lowest BCUT2D eigenvalue weighted by Crippen LogP contribution is -2.47. The Bertz CT molecular complexity index is 663. The van der Waals surface area contributed by atoms with Crippen LogP contribution in [0.1, 0.15) is 11.3 Å². The van der Waals surface area contributed by atoms with Gasteiger partial charge in [-0.3, -0.25) is 4.79 Å². The van der Waals surface area contributed by atoms with E-state index in [1.165, 1.54) is 4.88 Å². The Morgan fingerprint density at radius 2 is 2.09 bits per heavy atom. The summed E-state index contributed by atoms with van der Waals surface area (Å²) in [7, 11) is 2.09. The molecule has 2 aromatic rings. The number of nitrogens with one attached hydrogen (secondary N) is 1. The van der Waals surface area contributed by atoms with E-state index in [1.807, 2.05) is 4.90 Å². The summed E-state index contributed by atoms with van der Waals surface area (Å²) < 4.78 is 0. The summed E-state index contributed by atoms with van der Waals surface area (Å²) in [5, 5.41) is 4.32. The van der Waals surface area contributed by atoms with E-state index in [9.17, 15) is 4.79 Å². The van der Waals surface area contributed by atoms with Crippen LogP contribution >= 0.6 is 11.3 Å². The highest BCUT2D eigenvalue weighted by Gasteiger charge is 2.18. The molecule has 1 amide bonds. The first-order valence-corrected chi connectivity index (χ1v) is 8.36. The van der Waals surface area contributed by atoms with Gasteiger partial charge in [-0.05, 0) is 20.0 Å². The quantitative estimate of drug-likeness (QED) is 0.927. The van der Waals surface area contributed by atoms with Crippen molar-refractivity contribution in [3.8, 4) is 0 Å². The van der Waals surface area contributed by atoms with Gasteiger partial charge in [-0.25, -0.2) is 9.97 Å². The lowest BCUT2D eigenvalue weighted by Gasteiger charge is -2.32. The number of fused-ring (bicyclic) bond motifs is 1. The van der Waals surface area contributed by atoms with Crippen molar-refractivity contribution >= 4 is 33.3 Å². The van der Waals surface area contributed by atoms with Crippen molar-refractivity contribution in [2.75, 3.05) is 45.1 Å². The monoisotopic (exact) mass is 319 g/mol. The Labute approximate surface area is 134 Å². The SMILES string of the molecule is Cc1cc2c(NCCC(=O)N3CCN(C)CC3)ncnc2s1. The van der Waals surface area contributed by atoms with Gasteiger partial charge >= 0.3 is 0 Å². The fourth-order valence-electron chi connectivity index (χ4n) is 2.62. The molecule has 0 bridgehead atoms. The maximum absolute atomic E-state index is 12.2. The van der Waals surface area contributed by atoms with Crippen molar-refractivity contribution < 1.29 is 4.79 Å². The number of hydrogen-bond donors (Lipinski definition) is 1. The molecule has 0 unspecified atom stereocenters. The van der Waals surface area contributed by atoms with E-state index in [2.05, 4.69) is 40.2 Å². The first-order chi connectivity index (χ1) is 10.6. The predicted molar refractivity (Wildman–Crippen MR) is 89.3 cm³/mol. The fourth-order valence-corrected chi connectivity index (χ4v) is 3.47. The average molecular weight is 319 g/mol. The highest BCUT2D eigenvalue weighted by molar-refractivity contribution is 7.18. The fraction of sp³-hybridized carbons (Fsp3) is 0.533. The Morgan fingerprint density at radius 1 is 1.32 bits per heavy atom. The number of hydrogen-bond acceptors (Lipinski definition) is 6. The van der Waals surface area contributed by atoms with Crippen LogP contribution in [0.3, 0.4) is 0 Å². The predicted octanol–water partition coefficient (Wildman–Crippen LogP) is 1.58. The van der Waals surface area contributed by atoms with Crippen molar-refractivity contribution in [1.29, 1.82) is 0 Å². The lowest BCUT2D eigenvalue weighted by molar-refractivity contribution is -0.132. The molecule has 1 N–H and O–H groups in total. The molecule has 118 valence electrons. The minimum absolute atomic E-state index is 0.215. The Kier molecular flexibility index (Phi) is 4.54. The summed E-state index contributed by atoms with van der Waals surface area (Å²) >= 11 is 1.66. The molecule has 0 aromatic carbocycles. The van der Waals surface area contributed by atoms with Gasteiger partial charge < -0.3 is 15.1 Å². The van der Waals surface area contributed by atoms with Crippen LogP contribution in [0.25, 0.3) is 10.2 Å². The first kappa shape index (κ1) is 15.2. The van der Waals surface area contributed by atoms with Crippen molar-refractivity contribution in [2.24, 2.45) is 0 Å². The van der Waals surface area contributed by atoms with E-state index < -0.39 is 0 Å². The van der Waals surface area contributed by atoms with E-state index in [0.29, 0.717) is 13.0 Å². The van der Waals surface area contributed by atoms with Gasteiger partial charge in [-0.1, -0.05) is 0 Å². The van der Waals surface area contributed by atoms with Crippen molar-refractivity contribution in [3.05, 3.63) is 17.3 Å². The topological polar surface area (TPSA) is 61.4 Å². The third-order valence-corrected chi connectivity index (χ3v) is 4.90. The van der Waals surface area contributed by atoms with Gasteiger partial charge in [-0.2, -0.15) is 0 Å². The number of aromatic nitrogens is 2. The Morgan fingerprint density at radius 3 is 2.86 bits per heavy atom. The number of likely N-dealkylation sites (N-methyl/N-ethyl adjacent to an activating group) is 1. The molecule has 1 aliphatic rings. The van der Waals surface area contributed by atoms with Gasteiger partial charge in [0.15, 0.2) is 0 Å². The van der Waals surface area contributed by atoms with Crippen LogP contribution in [0.4, 0.5) is 5.82 Å². The summed E-state index contributed by atoms with van der Waals surface area (Å²) in [4.78, 5) is 27.2. The first-order valence-electron chi connectivity index (χ1n) is 7.55. The molecule has 1 fully saturated rings. The summed E-state index contributed by atoms with van der Waals surface area (Å²) in [5.74, 6) is 1.04. The van der Waals surface area contributed by atoms with E-state index in [1.54, 1.807) is 17.7 Å². The number of carbonyl (C=O) groups is 1. The highest BCUT2D eigenvalue weighted by Crippen LogP contribution is 2.27. The number of aryl methyl sites for hydroxylation is 1. The minimum atomic E-state index is 0.215. The molecule has 3 heterocycles. The van der Waals surface area contributed by atoms with Gasteiger partial charge in [0.1, 0.15) is 17.0 Å². The van der Waals surface area contributed by atoms with E-state index in [0.717, 1.165) is 42.2 Å². The van der Waals surface area contributed by atoms with Crippen LogP contribution in [0.15, 0.2) is 12.4 Å². The third kappa shape index (κ3) is 3.36. The molecule has 7 heteroatoms. The number of amides is 1. The van der Waals surface area contributed by atoms with Crippen LogP contribution in [0.5, 0.6) is 0 Å². The second kappa shape index (κ2) is 6.58. The lowest BCUT2D eigenvalue weighted by atomic mass is 10.3. The summed E-state index contributed by atoms with van der Waals surface area (Å²) in [6.45, 7) is 6.24. The smallest absolute Gasteiger partial charge is 0.224 e. The number of carbonyl (C=O) groups excluding carboxylic acids is 1. The molecule has 0 atom stereocenters. The normalized spacial score (nSPS) is 16.2. The number of thiophene rings is 1. The summed E-state index contributed by atoms with van der Waals surface area (Å²) in [6.07, 6.45) is 2.07. The maximum atomic E-state index is 12.2. The molecular formula is C15H21N5OS. The van der Waals surface area contributed by atoms with Crippen molar-refractivity contribution in [3.63, 3.8) is 0 Å². The zero-order valence-electron chi connectivity index (χ0n) is 13.0. The summed E-state index contributed by atoms with van der Waals surface area (Å²) in [6, 6.07) is 2.09. The van der Waals surface area contributed by atoms with E-state index >= 15 is 0 Å². The largest absolute Gasteiger partial charge is 0.369 e. The number of piperazine rings is 1. The number of rotatable bonds is 4. The van der Waals surface area contributed by atoms with Crippen LogP contribution in [-0.2, 0) is 4.79 Å². The Hall–Kier alpha value is -1.73. The molecule has 1 aliphatic heterocycles. The number of nitrogens with zero attached hydrogens (tertiary/aromatic N) is 4. The van der Waals surface area contributed by atoms with E-state index in [-0.39, 0.29) is 5.91 Å². The van der Waals surface area contributed by atoms with E-state index in [4.69, 9.17) is 0 Å². The molecule has 22 heavy (non-hydrogen) atoms. The molecular weight excluding hydrogens is 298 g/mol. The second-order valence-electron chi connectivity index (χ2n) is 5.66. The standard InChI is InChI=1S/C15H21N5OS/c1-11-9-12-14(17-10-18-15(12)22-11)16-4-3-13(21)20-7-5-19(2)6-8-20/h9-10H,3-8H2,1-2H3,(H,16,17,18). The molecule has 0 radical (unpaired) electrons. The van der Waals surface area contributed by atoms with Crippen molar-refractivity contribution in [1.82, 2.24) is 19.8 Å². The molecule has 6 nitrogen and oxygen atoms in total. The molecule has 2 aromatic heterocycles. The molecule has 0 spiro atoms. The zero-order chi connectivity index (χ0) is 15.5. The second-order valence-corrected chi connectivity index (χ2v) is 6.89. The Balaban J connectivity index is 1.55. The summed E-state index contributed by atoms with van der Waals surface area (Å²) in [5.41, 5.74) is 0. The van der Waals surface area contributed by atoms with Gasteiger partial charge in [-0.15, -0.1) is 11.3 Å². The maximum Gasteiger partial charge on any atom is 0.224 e. The van der Waals surface area contributed by atoms with Crippen LogP contribution in [0, 0.1) is 6.92 Å². The highest BCUT2D eigenvalue weighted by atomic mass is 32.1. The van der Waals surface area contributed by atoms with Crippen LogP contribution < -0.4 is 5.32 Å². The van der Waals surface area contributed by atoms with Crippen LogP contribution in [0.2, 0.25) is 0 Å². The van der Waals surface area contributed by atoms with Gasteiger partial charge in [0.25, 0.3) is 0 Å². The van der Waals surface area contributed by atoms with Gasteiger partial charge in [0.2, 0.25) is 5.91 Å². The zero-order valence-corrected chi connectivity index (χ0v) is 13.8. The molecule has 0 saturated carbocycles. The minimum Gasteiger partial charge on any atom is -0.369 e. The third-order valence-electron chi connectivity index (χ3n) is 3.94.